The fraction of sp³-hybridized carbons (Fsp3) is 0.533. The van der Waals surface area contributed by atoms with Crippen molar-refractivity contribution in [2.75, 3.05) is 26.5 Å². The molecule has 1 aliphatic carbocycles. The smallest absolute Gasteiger partial charge is 0.328 e. The van der Waals surface area contributed by atoms with Crippen molar-refractivity contribution in [2.24, 2.45) is 5.92 Å². The number of rotatable bonds is 13. The maximum absolute atomic E-state index is 13.4. The molecule has 2 aromatic rings. The summed E-state index contributed by atoms with van der Waals surface area (Å²) in [6.45, 7) is 3.80. The van der Waals surface area contributed by atoms with E-state index in [0.717, 1.165) is 41.3 Å². The van der Waals surface area contributed by atoms with Crippen LogP contribution in [0.1, 0.15) is 66.4 Å². The minimum absolute atomic E-state index is 0.0223. The predicted molar refractivity (Wildman–Crippen MR) is 150 cm³/mol. The molecule has 0 bridgehead atoms. The number of amides is 1. The molecule has 2 aromatic carbocycles. The van der Waals surface area contributed by atoms with Gasteiger partial charge < -0.3 is 15.0 Å². The molecular weight excluding hydrogens is 506 g/mol. The number of ether oxygens (including phenoxy) is 1. The minimum Gasteiger partial charge on any atom is -0.467 e. The normalized spacial score (nSPS) is 15.0. The summed E-state index contributed by atoms with van der Waals surface area (Å²) in [4.78, 5) is 28.0. The van der Waals surface area contributed by atoms with Gasteiger partial charge in [0.2, 0.25) is 0 Å². The summed E-state index contributed by atoms with van der Waals surface area (Å²) in [5.41, 5.74) is 4.28. The molecule has 38 heavy (non-hydrogen) atoms. The number of methoxy groups -OCH3 is 1. The van der Waals surface area contributed by atoms with Crippen LogP contribution in [0, 0.1) is 12.8 Å². The molecule has 1 unspecified atom stereocenters. The number of benzene rings is 2. The van der Waals surface area contributed by atoms with Crippen molar-refractivity contribution in [2.45, 2.75) is 70.2 Å². The molecule has 0 aromatic heterocycles. The number of nitrogens with one attached hydrogen (secondary N) is 1. The van der Waals surface area contributed by atoms with Crippen LogP contribution in [-0.2, 0) is 16.1 Å². The monoisotopic (exact) mass is 546 g/mol. The molecule has 0 spiro atoms. The maximum atomic E-state index is 13.4. The summed E-state index contributed by atoms with van der Waals surface area (Å²) < 4.78 is 30.0. The van der Waals surface area contributed by atoms with E-state index in [2.05, 4.69) is 17.3 Å². The van der Waals surface area contributed by atoms with Gasteiger partial charge in [-0.2, -0.15) is 8.78 Å². The highest BCUT2D eigenvalue weighted by atomic mass is 32.2. The Morgan fingerprint density at radius 2 is 1.84 bits per heavy atom. The number of halogens is 2. The fourth-order valence-corrected chi connectivity index (χ4v) is 5.71. The molecule has 1 N–H and O–H groups in total. The topological polar surface area (TPSA) is 58.6 Å². The maximum Gasteiger partial charge on any atom is 0.328 e. The fourth-order valence-electron chi connectivity index (χ4n) is 5.16. The van der Waals surface area contributed by atoms with Crippen molar-refractivity contribution in [1.82, 2.24) is 10.2 Å². The van der Waals surface area contributed by atoms with Crippen molar-refractivity contribution in [1.29, 1.82) is 0 Å². The zero-order valence-corrected chi connectivity index (χ0v) is 23.5. The van der Waals surface area contributed by atoms with Crippen LogP contribution in [0.25, 0.3) is 11.1 Å². The van der Waals surface area contributed by atoms with Crippen molar-refractivity contribution in [3.05, 3.63) is 59.2 Å². The van der Waals surface area contributed by atoms with E-state index >= 15 is 0 Å². The first-order valence-electron chi connectivity index (χ1n) is 13.4. The van der Waals surface area contributed by atoms with Crippen LogP contribution in [0.15, 0.2) is 42.5 Å². The molecule has 1 atom stereocenters. The summed E-state index contributed by atoms with van der Waals surface area (Å²) in [6, 6.07) is 12.7. The van der Waals surface area contributed by atoms with Gasteiger partial charge >= 0.3 is 5.97 Å². The van der Waals surface area contributed by atoms with Crippen molar-refractivity contribution < 1.29 is 23.1 Å². The van der Waals surface area contributed by atoms with Gasteiger partial charge in [-0.1, -0.05) is 74.2 Å². The van der Waals surface area contributed by atoms with Crippen LogP contribution < -0.4 is 5.32 Å². The first-order valence-corrected chi connectivity index (χ1v) is 14.5. The average molecular weight is 547 g/mol. The van der Waals surface area contributed by atoms with Gasteiger partial charge in [0.1, 0.15) is 6.04 Å². The standard InChI is InChI=1S/C30H40F2N2O3S/c1-21-9-7-8-12-24(21)26-19-23(20-34(2)17-15-22-10-5-4-6-11-22)13-14-25(26)28(35)33-27(29(36)37-3)16-18-38-30(31)32/h7-9,12-14,19,22,27,30H,4-6,10-11,15-18,20H2,1-3H3,(H,33,35). The van der Waals surface area contributed by atoms with Crippen LogP contribution in [0.4, 0.5) is 8.78 Å². The molecule has 1 aliphatic rings. The average Bonchev–Trinajstić information content (AvgIpc) is 2.91. The molecule has 0 heterocycles. The Morgan fingerprint density at radius 1 is 1.11 bits per heavy atom. The molecular formula is C30H40F2N2O3S. The lowest BCUT2D eigenvalue weighted by molar-refractivity contribution is -0.142. The second-order valence-corrected chi connectivity index (χ2v) is 11.3. The number of thioether (sulfide) groups is 1. The second kappa shape index (κ2) is 15.2. The third kappa shape index (κ3) is 9.09. The Hall–Kier alpha value is -2.45. The largest absolute Gasteiger partial charge is 0.467 e. The van der Waals surface area contributed by atoms with Gasteiger partial charge in [0.25, 0.3) is 11.7 Å². The third-order valence-electron chi connectivity index (χ3n) is 7.30. The first kappa shape index (κ1) is 30.1. The lowest BCUT2D eigenvalue weighted by atomic mass is 9.87. The number of nitrogens with zero attached hydrogens (tertiary/aromatic N) is 1. The van der Waals surface area contributed by atoms with Crippen molar-refractivity contribution in [3.8, 4) is 11.1 Å². The lowest BCUT2D eigenvalue weighted by Gasteiger charge is -2.25. The molecule has 3 rings (SSSR count). The minimum atomic E-state index is -2.54. The Labute approximate surface area is 229 Å². The van der Waals surface area contributed by atoms with Gasteiger partial charge in [-0.3, -0.25) is 4.79 Å². The van der Waals surface area contributed by atoms with Crippen molar-refractivity contribution in [3.63, 3.8) is 0 Å². The molecule has 1 saturated carbocycles. The van der Waals surface area contributed by atoms with Crippen LogP contribution in [0.2, 0.25) is 0 Å². The summed E-state index contributed by atoms with van der Waals surface area (Å²) in [6.07, 6.45) is 7.99. The number of carbonyl (C=O) groups excluding carboxylic acids is 2. The quantitative estimate of drug-likeness (QED) is 0.284. The highest BCUT2D eigenvalue weighted by Gasteiger charge is 2.25. The van der Waals surface area contributed by atoms with Crippen molar-refractivity contribution >= 4 is 23.6 Å². The zero-order valence-electron chi connectivity index (χ0n) is 22.7. The van der Waals surface area contributed by atoms with E-state index in [4.69, 9.17) is 4.74 Å². The van der Waals surface area contributed by atoms with E-state index in [1.807, 2.05) is 43.3 Å². The number of alkyl halides is 2. The van der Waals surface area contributed by atoms with Gasteiger partial charge in [-0.25, -0.2) is 4.79 Å². The molecule has 0 radical (unpaired) electrons. The second-order valence-electron chi connectivity index (χ2n) is 10.2. The van der Waals surface area contributed by atoms with Gasteiger partial charge in [0.05, 0.1) is 7.11 Å². The summed E-state index contributed by atoms with van der Waals surface area (Å²) in [5.74, 6) is -2.78. The third-order valence-corrected chi connectivity index (χ3v) is 8.02. The van der Waals surface area contributed by atoms with E-state index in [1.165, 1.54) is 45.6 Å². The molecule has 1 fully saturated rings. The Balaban J connectivity index is 1.79. The molecule has 1 amide bonds. The number of aryl methyl sites for hydroxylation is 1. The van der Waals surface area contributed by atoms with Gasteiger partial charge in [-0.15, -0.1) is 0 Å². The molecule has 0 aliphatic heterocycles. The molecule has 208 valence electrons. The van der Waals surface area contributed by atoms with E-state index < -0.39 is 23.7 Å². The Kier molecular flexibility index (Phi) is 12.1. The van der Waals surface area contributed by atoms with E-state index in [1.54, 1.807) is 6.07 Å². The summed E-state index contributed by atoms with van der Waals surface area (Å²) in [7, 11) is 3.36. The van der Waals surface area contributed by atoms with Crippen LogP contribution >= 0.6 is 11.8 Å². The van der Waals surface area contributed by atoms with E-state index in [-0.39, 0.29) is 12.2 Å². The first-order chi connectivity index (χ1) is 18.3. The van der Waals surface area contributed by atoms with Crippen LogP contribution in [-0.4, -0.2) is 55.0 Å². The Bertz CT molecular complexity index is 1060. The number of hydrogen-bond acceptors (Lipinski definition) is 5. The summed E-state index contributed by atoms with van der Waals surface area (Å²) >= 11 is 0.436. The highest BCUT2D eigenvalue weighted by molar-refractivity contribution is 7.99. The highest BCUT2D eigenvalue weighted by Crippen LogP contribution is 2.30. The molecule has 0 saturated heterocycles. The van der Waals surface area contributed by atoms with Crippen LogP contribution in [0.3, 0.4) is 0 Å². The van der Waals surface area contributed by atoms with E-state index in [9.17, 15) is 18.4 Å². The number of hydrogen-bond donors (Lipinski definition) is 1. The molecule has 8 heteroatoms. The Morgan fingerprint density at radius 3 is 2.53 bits per heavy atom. The lowest BCUT2D eigenvalue weighted by Crippen LogP contribution is -2.42. The molecule has 5 nitrogen and oxygen atoms in total. The van der Waals surface area contributed by atoms with Gasteiger partial charge in [0.15, 0.2) is 0 Å². The summed E-state index contributed by atoms with van der Waals surface area (Å²) in [5, 5.41) is 2.72. The number of esters is 1. The van der Waals surface area contributed by atoms with Gasteiger partial charge in [-0.05, 0) is 73.7 Å². The van der Waals surface area contributed by atoms with E-state index in [0.29, 0.717) is 17.3 Å². The SMILES string of the molecule is COC(=O)C(CCSC(F)F)NC(=O)c1ccc(CN(C)CCC2CCCCC2)cc1-c1ccccc1C. The predicted octanol–water partition coefficient (Wildman–Crippen LogP) is 6.68. The van der Waals surface area contributed by atoms with Gasteiger partial charge in [0, 0.05) is 17.9 Å². The number of carbonyl (C=O) groups is 2. The zero-order chi connectivity index (χ0) is 27.5. The van der Waals surface area contributed by atoms with Crippen LogP contribution in [0.5, 0.6) is 0 Å².